The molecule has 0 aliphatic heterocycles. The zero-order chi connectivity index (χ0) is 28.9. The summed E-state index contributed by atoms with van der Waals surface area (Å²) in [4.78, 5) is 13.8. The molecule has 3 nitrogen and oxygen atoms in total. The molecular formula is C35H33F3O3. The van der Waals surface area contributed by atoms with Crippen molar-refractivity contribution in [2.45, 2.75) is 49.0 Å². The van der Waals surface area contributed by atoms with Gasteiger partial charge in [0.2, 0.25) is 0 Å². The van der Waals surface area contributed by atoms with Crippen LogP contribution in [-0.4, -0.2) is 25.4 Å². The summed E-state index contributed by atoms with van der Waals surface area (Å²) in [5.41, 5.74) is -1.37. The molecule has 1 aliphatic rings. The van der Waals surface area contributed by atoms with E-state index in [4.69, 9.17) is 9.47 Å². The van der Waals surface area contributed by atoms with Crippen LogP contribution in [0, 0.1) is 5.92 Å². The minimum absolute atomic E-state index is 0.312. The molecule has 5 rings (SSSR count). The lowest BCUT2D eigenvalue weighted by Gasteiger charge is -2.48. The van der Waals surface area contributed by atoms with Gasteiger partial charge in [0.15, 0.2) is 0 Å². The second-order valence-electron chi connectivity index (χ2n) is 10.5. The number of hydrogen-bond acceptors (Lipinski definition) is 3. The van der Waals surface area contributed by atoms with Crippen molar-refractivity contribution in [1.29, 1.82) is 0 Å². The Bertz CT molecular complexity index is 1310. The third-order valence-corrected chi connectivity index (χ3v) is 8.38. The lowest BCUT2D eigenvalue weighted by molar-refractivity contribution is -0.279. The highest BCUT2D eigenvalue weighted by atomic mass is 19.4. The van der Waals surface area contributed by atoms with Crippen molar-refractivity contribution in [3.05, 3.63) is 144 Å². The van der Waals surface area contributed by atoms with E-state index in [9.17, 15) is 18.0 Å². The maximum Gasteiger partial charge on any atom is 0.432 e. The van der Waals surface area contributed by atoms with Gasteiger partial charge in [-0.2, -0.15) is 13.2 Å². The van der Waals surface area contributed by atoms with Crippen molar-refractivity contribution >= 4 is 5.97 Å². The lowest BCUT2D eigenvalue weighted by atomic mass is 9.57. The Labute approximate surface area is 238 Å². The lowest BCUT2D eigenvalue weighted by Crippen LogP contribution is -2.54. The third-order valence-electron chi connectivity index (χ3n) is 8.38. The molecule has 0 aromatic heterocycles. The Morgan fingerprint density at radius 1 is 0.634 bits per heavy atom. The first-order chi connectivity index (χ1) is 19.9. The molecule has 0 saturated heterocycles. The van der Waals surface area contributed by atoms with E-state index < -0.39 is 29.3 Å². The summed E-state index contributed by atoms with van der Waals surface area (Å²) in [5.74, 6) is -1.79. The van der Waals surface area contributed by atoms with Gasteiger partial charge in [-0.15, -0.1) is 0 Å². The number of carbonyl (C=O) groups is 1. The fraction of sp³-hybridized carbons (Fsp3) is 0.286. The standard InChI is InChI=1S/C35H33F3O3/c1-40-34(35(36,37)38,29-22-12-5-13-23-29)32(39)41-31-25-15-14-24-30(31)33(26-16-6-2-7-17-26,27-18-8-3-9-19-27)28-20-10-4-11-21-28/h2-13,16-23,30-31H,14-15,24-25H2,1H3/t30-,31-,34-/m0/s1. The maximum absolute atomic E-state index is 14.8. The topological polar surface area (TPSA) is 35.5 Å². The molecule has 0 spiro atoms. The van der Waals surface area contributed by atoms with Gasteiger partial charge in [-0.3, -0.25) is 0 Å². The van der Waals surface area contributed by atoms with Crippen LogP contribution in [-0.2, 0) is 25.3 Å². The summed E-state index contributed by atoms with van der Waals surface area (Å²) in [5, 5.41) is 0. The fourth-order valence-electron chi connectivity index (χ4n) is 6.59. The fourth-order valence-corrected chi connectivity index (χ4v) is 6.59. The van der Waals surface area contributed by atoms with Crippen LogP contribution in [0.25, 0.3) is 0 Å². The van der Waals surface area contributed by atoms with Crippen molar-refractivity contribution < 1.29 is 27.4 Å². The van der Waals surface area contributed by atoms with Gasteiger partial charge in [-0.05, 0) is 36.0 Å². The Hall–Kier alpha value is -3.90. The summed E-state index contributed by atoms with van der Waals surface area (Å²) < 4.78 is 55.4. The van der Waals surface area contributed by atoms with Crippen LogP contribution in [0.3, 0.4) is 0 Å². The molecule has 0 N–H and O–H groups in total. The van der Waals surface area contributed by atoms with Gasteiger partial charge in [0.1, 0.15) is 6.10 Å². The van der Waals surface area contributed by atoms with Gasteiger partial charge in [0, 0.05) is 18.6 Å². The molecular weight excluding hydrogens is 525 g/mol. The average Bonchev–Trinajstić information content (AvgIpc) is 3.00. The normalized spacial score (nSPS) is 19.2. The highest BCUT2D eigenvalue weighted by Gasteiger charge is 2.65. The Kier molecular flexibility index (Phi) is 8.32. The number of ether oxygens (including phenoxy) is 2. The monoisotopic (exact) mass is 558 g/mol. The minimum Gasteiger partial charge on any atom is -0.459 e. The van der Waals surface area contributed by atoms with Crippen LogP contribution in [0.5, 0.6) is 0 Å². The van der Waals surface area contributed by atoms with Gasteiger partial charge in [0.25, 0.3) is 5.60 Å². The van der Waals surface area contributed by atoms with E-state index in [0.717, 1.165) is 36.6 Å². The molecule has 4 aromatic carbocycles. The predicted octanol–water partition coefficient (Wildman–Crippen LogP) is 8.23. The van der Waals surface area contributed by atoms with Crippen LogP contribution < -0.4 is 0 Å². The highest BCUT2D eigenvalue weighted by Crippen LogP contribution is 2.52. The van der Waals surface area contributed by atoms with Crippen LogP contribution in [0.1, 0.15) is 47.9 Å². The largest absolute Gasteiger partial charge is 0.459 e. The summed E-state index contributed by atoms with van der Waals surface area (Å²) in [6.07, 6.45) is -3.14. The van der Waals surface area contributed by atoms with Crippen LogP contribution >= 0.6 is 0 Å². The molecule has 1 saturated carbocycles. The molecule has 3 atom stereocenters. The SMILES string of the molecule is CO[C@](C(=O)O[C@H]1CCCC[C@@H]1C(c1ccccc1)(c1ccccc1)c1ccccc1)(c1ccccc1)C(F)(F)F. The molecule has 41 heavy (non-hydrogen) atoms. The van der Waals surface area contributed by atoms with Crippen molar-refractivity contribution in [2.75, 3.05) is 7.11 Å². The van der Waals surface area contributed by atoms with Crippen molar-refractivity contribution in [1.82, 2.24) is 0 Å². The Morgan fingerprint density at radius 2 is 1.02 bits per heavy atom. The van der Waals surface area contributed by atoms with Crippen LogP contribution in [0.4, 0.5) is 13.2 Å². The third kappa shape index (κ3) is 5.06. The van der Waals surface area contributed by atoms with E-state index in [1.54, 1.807) is 6.07 Å². The smallest absolute Gasteiger partial charge is 0.432 e. The first kappa shape index (κ1) is 28.6. The van der Waals surface area contributed by atoms with Crippen molar-refractivity contribution in [2.24, 2.45) is 5.92 Å². The number of alkyl halides is 3. The molecule has 0 unspecified atom stereocenters. The van der Waals surface area contributed by atoms with E-state index in [1.165, 1.54) is 24.3 Å². The van der Waals surface area contributed by atoms with Gasteiger partial charge < -0.3 is 9.47 Å². The maximum atomic E-state index is 14.8. The molecule has 0 radical (unpaired) electrons. The Balaban J connectivity index is 1.68. The summed E-state index contributed by atoms with van der Waals surface area (Å²) in [6, 6.07) is 36.9. The molecule has 212 valence electrons. The zero-order valence-corrected chi connectivity index (χ0v) is 22.9. The molecule has 6 heteroatoms. The summed E-state index contributed by atoms with van der Waals surface area (Å²) in [6.45, 7) is 0. The second-order valence-corrected chi connectivity index (χ2v) is 10.5. The summed E-state index contributed by atoms with van der Waals surface area (Å²) in [7, 11) is 0.905. The van der Waals surface area contributed by atoms with Crippen LogP contribution in [0.2, 0.25) is 0 Å². The first-order valence-corrected chi connectivity index (χ1v) is 13.9. The molecule has 0 heterocycles. The number of carbonyl (C=O) groups excluding carboxylic acids is 1. The quantitative estimate of drug-likeness (QED) is 0.161. The van der Waals surface area contributed by atoms with E-state index in [0.29, 0.717) is 12.8 Å². The van der Waals surface area contributed by atoms with E-state index in [1.807, 2.05) is 91.0 Å². The summed E-state index contributed by atoms with van der Waals surface area (Å²) >= 11 is 0. The van der Waals surface area contributed by atoms with E-state index in [2.05, 4.69) is 0 Å². The molecule has 1 aliphatic carbocycles. The highest BCUT2D eigenvalue weighted by molar-refractivity contribution is 5.83. The van der Waals surface area contributed by atoms with Gasteiger partial charge in [-0.1, -0.05) is 128 Å². The van der Waals surface area contributed by atoms with Crippen molar-refractivity contribution in [3.63, 3.8) is 0 Å². The number of rotatable bonds is 8. The average molecular weight is 559 g/mol. The van der Waals surface area contributed by atoms with Gasteiger partial charge >= 0.3 is 12.1 Å². The van der Waals surface area contributed by atoms with E-state index >= 15 is 0 Å². The number of methoxy groups -OCH3 is 1. The van der Waals surface area contributed by atoms with Crippen LogP contribution in [0.15, 0.2) is 121 Å². The van der Waals surface area contributed by atoms with Crippen molar-refractivity contribution in [3.8, 4) is 0 Å². The number of hydrogen-bond donors (Lipinski definition) is 0. The first-order valence-electron chi connectivity index (χ1n) is 13.9. The van der Waals surface area contributed by atoms with Gasteiger partial charge in [-0.25, -0.2) is 4.79 Å². The number of benzene rings is 4. The molecule has 0 amide bonds. The predicted molar refractivity (Wildman–Crippen MR) is 152 cm³/mol. The Morgan fingerprint density at radius 3 is 1.41 bits per heavy atom. The molecule has 0 bridgehead atoms. The molecule has 4 aromatic rings. The second kappa shape index (κ2) is 11.9. The molecule has 1 fully saturated rings. The van der Waals surface area contributed by atoms with Gasteiger partial charge in [0.05, 0.1) is 5.41 Å². The van der Waals surface area contributed by atoms with E-state index in [-0.39, 0.29) is 11.5 Å². The zero-order valence-electron chi connectivity index (χ0n) is 22.9. The minimum atomic E-state index is -5.04. The number of esters is 1. The number of halogens is 3.